The lowest BCUT2D eigenvalue weighted by Gasteiger charge is -2.13. The Labute approximate surface area is 90.2 Å². The fraction of sp³-hybridized carbons (Fsp3) is 0.417. The van der Waals surface area contributed by atoms with Crippen molar-refractivity contribution in [1.82, 2.24) is 0 Å². The third kappa shape index (κ3) is 3.72. The van der Waals surface area contributed by atoms with Crippen LogP contribution in [-0.4, -0.2) is 19.1 Å². The lowest BCUT2D eigenvalue weighted by atomic mass is 9.96. The van der Waals surface area contributed by atoms with E-state index in [1.54, 1.807) is 6.92 Å². The lowest BCUT2D eigenvalue weighted by molar-refractivity contribution is -0.143. The SMILES string of the molecule is CCOC(=O)CC(CN)c1ccccc1. The molecule has 1 atom stereocenters. The Balaban J connectivity index is 2.61. The molecule has 1 unspecified atom stereocenters. The molecule has 0 heterocycles. The molecule has 0 saturated heterocycles. The summed E-state index contributed by atoms with van der Waals surface area (Å²) >= 11 is 0. The van der Waals surface area contributed by atoms with Gasteiger partial charge in [-0.1, -0.05) is 30.3 Å². The zero-order chi connectivity index (χ0) is 11.1. The van der Waals surface area contributed by atoms with Crippen molar-refractivity contribution in [3.05, 3.63) is 35.9 Å². The number of hydrogen-bond acceptors (Lipinski definition) is 3. The van der Waals surface area contributed by atoms with Crippen molar-refractivity contribution in [3.63, 3.8) is 0 Å². The number of hydrogen-bond donors (Lipinski definition) is 1. The number of rotatable bonds is 5. The fourth-order valence-corrected chi connectivity index (χ4v) is 1.48. The highest BCUT2D eigenvalue weighted by Gasteiger charge is 2.14. The summed E-state index contributed by atoms with van der Waals surface area (Å²) < 4.78 is 4.90. The van der Waals surface area contributed by atoms with Crippen molar-refractivity contribution in [2.24, 2.45) is 5.73 Å². The van der Waals surface area contributed by atoms with E-state index in [2.05, 4.69) is 0 Å². The summed E-state index contributed by atoms with van der Waals surface area (Å²) in [5.41, 5.74) is 6.73. The molecule has 1 aromatic carbocycles. The second-order valence-corrected chi connectivity index (χ2v) is 3.35. The zero-order valence-electron chi connectivity index (χ0n) is 8.98. The average Bonchev–Trinajstić information content (AvgIpc) is 2.27. The Hall–Kier alpha value is -1.35. The van der Waals surface area contributed by atoms with Gasteiger partial charge in [0.25, 0.3) is 0 Å². The van der Waals surface area contributed by atoms with E-state index < -0.39 is 0 Å². The monoisotopic (exact) mass is 207 g/mol. The van der Waals surface area contributed by atoms with Crippen molar-refractivity contribution in [2.45, 2.75) is 19.3 Å². The molecule has 0 aliphatic rings. The van der Waals surface area contributed by atoms with E-state index in [0.717, 1.165) is 5.56 Å². The number of nitrogens with two attached hydrogens (primary N) is 1. The Morgan fingerprint density at radius 3 is 2.60 bits per heavy atom. The summed E-state index contributed by atoms with van der Waals surface area (Å²) in [6.07, 6.45) is 0.356. The standard InChI is InChI=1S/C12H17NO2/c1-2-15-12(14)8-11(9-13)10-6-4-3-5-7-10/h3-7,11H,2,8-9,13H2,1H3. The predicted octanol–water partition coefficient (Wildman–Crippen LogP) is 1.68. The second-order valence-electron chi connectivity index (χ2n) is 3.35. The van der Waals surface area contributed by atoms with Crippen LogP contribution in [0.2, 0.25) is 0 Å². The van der Waals surface area contributed by atoms with Gasteiger partial charge in [-0.15, -0.1) is 0 Å². The van der Waals surface area contributed by atoms with Crippen molar-refractivity contribution in [3.8, 4) is 0 Å². The minimum atomic E-state index is -0.184. The lowest BCUT2D eigenvalue weighted by Crippen LogP contribution is -2.17. The molecule has 0 saturated carbocycles. The quantitative estimate of drug-likeness (QED) is 0.747. The van der Waals surface area contributed by atoms with Crippen LogP contribution in [0.15, 0.2) is 30.3 Å². The van der Waals surface area contributed by atoms with Gasteiger partial charge in [0.2, 0.25) is 0 Å². The minimum Gasteiger partial charge on any atom is -0.466 e. The first kappa shape index (κ1) is 11.7. The third-order valence-corrected chi connectivity index (χ3v) is 2.27. The van der Waals surface area contributed by atoms with Gasteiger partial charge in [-0.3, -0.25) is 4.79 Å². The largest absolute Gasteiger partial charge is 0.466 e. The van der Waals surface area contributed by atoms with Crippen LogP contribution in [0.4, 0.5) is 0 Å². The molecule has 1 rings (SSSR count). The highest BCUT2D eigenvalue weighted by molar-refractivity contribution is 5.70. The first-order valence-corrected chi connectivity index (χ1v) is 5.18. The highest BCUT2D eigenvalue weighted by atomic mass is 16.5. The Morgan fingerprint density at radius 2 is 2.07 bits per heavy atom. The van der Waals surface area contributed by atoms with Gasteiger partial charge in [0.1, 0.15) is 0 Å². The molecule has 0 bridgehead atoms. The fourth-order valence-electron chi connectivity index (χ4n) is 1.48. The topological polar surface area (TPSA) is 52.3 Å². The van der Waals surface area contributed by atoms with Crippen LogP contribution in [-0.2, 0) is 9.53 Å². The maximum Gasteiger partial charge on any atom is 0.306 e. The molecule has 2 N–H and O–H groups in total. The van der Waals surface area contributed by atoms with E-state index >= 15 is 0 Å². The smallest absolute Gasteiger partial charge is 0.306 e. The van der Waals surface area contributed by atoms with E-state index in [4.69, 9.17) is 10.5 Å². The molecule has 15 heavy (non-hydrogen) atoms. The molecule has 82 valence electrons. The number of ether oxygens (including phenoxy) is 1. The molecule has 0 fully saturated rings. The minimum absolute atomic E-state index is 0.0604. The highest BCUT2D eigenvalue weighted by Crippen LogP contribution is 2.18. The van der Waals surface area contributed by atoms with Gasteiger partial charge in [0.05, 0.1) is 13.0 Å². The van der Waals surface area contributed by atoms with Gasteiger partial charge in [0, 0.05) is 5.92 Å². The van der Waals surface area contributed by atoms with Crippen LogP contribution in [0.5, 0.6) is 0 Å². The van der Waals surface area contributed by atoms with E-state index in [1.807, 2.05) is 30.3 Å². The average molecular weight is 207 g/mol. The predicted molar refractivity (Wildman–Crippen MR) is 59.5 cm³/mol. The van der Waals surface area contributed by atoms with Crippen molar-refractivity contribution < 1.29 is 9.53 Å². The molecule has 0 radical (unpaired) electrons. The van der Waals surface area contributed by atoms with Crippen LogP contribution in [0.25, 0.3) is 0 Å². The first-order valence-electron chi connectivity index (χ1n) is 5.18. The van der Waals surface area contributed by atoms with E-state index in [-0.39, 0.29) is 11.9 Å². The Morgan fingerprint density at radius 1 is 1.40 bits per heavy atom. The van der Waals surface area contributed by atoms with Crippen molar-refractivity contribution in [2.75, 3.05) is 13.2 Å². The van der Waals surface area contributed by atoms with Crippen LogP contribution < -0.4 is 5.73 Å². The summed E-state index contributed by atoms with van der Waals surface area (Å²) in [5.74, 6) is -0.123. The first-order chi connectivity index (χ1) is 7.27. The molecule has 0 aliphatic carbocycles. The summed E-state index contributed by atoms with van der Waals surface area (Å²) in [6.45, 7) is 2.69. The van der Waals surface area contributed by atoms with Crippen molar-refractivity contribution >= 4 is 5.97 Å². The van der Waals surface area contributed by atoms with Gasteiger partial charge in [-0.05, 0) is 19.0 Å². The van der Waals surface area contributed by atoms with Crippen LogP contribution >= 0.6 is 0 Å². The van der Waals surface area contributed by atoms with Gasteiger partial charge >= 0.3 is 5.97 Å². The van der Waals surface area contributed by atoms with E-state index in [0.29, 0.717) is 19.6 Å². The molecular formula is C12H17NO2. The summed E-state index contributed by atoms with van der Waals surface area (Å²) in [6, 6.07) is 9.81. The second kappa shape index (κ2) is 6.19. The number of benzene rings is 1. The number of carbonyl (C=O) groups excluding carboxylic acids is 1. The number of esters is 1. The van der Waals surface area contributed by atoms with Crippen LogP contribution in [0.3, 0.4) is 0 Å². The van der Waals surface area contributed by atoms with Crippen molar-refractivity contribution in [1.29, 1.82) is 0 Å². The summed E-state index contributed by atoms with van der Waals surface area (Å²) in [4.78, 5) is 11.3. The molecule has 0 aromatic heterocycles. The molecule has 3 nitrogen and oxygen atoms in total. The molecule has 0 spiro atoms. The van der Waals surface area contributed by atoms with E-state index in [1.165, 1.54) is 0 Å². The molecular weight excluding hydrogens is 190 g/mol. The molecule has 1 aromatic rings. The van der Waals surface area contributed by atoms with Gasteiger partial charge in [-0.25, -0.2) is 0 Å². The van der Waals surface area contributed by atoms with Gasteiger partial charge < -0.3 is 10.5 Å². The third-order valence-electron chi connectivity index (χ3n) is 2.27. The van der Waals surface area contributed by atoms with Crippen LogP contribution in [0, 0.1) is 0 Å². The number of carbonyl (C=O) groups is 1. The molecule has 0 aliphatic heterocycles. The van der Waals surface area contributed by atoms with Crippen LogP contribution in [0.1, 0.15) is 24.8 Å². The summed E-state index contributed by atoms with van der Waals surface area (Å²) in [5, 5.41) is 0. The molecule has 0 amide bonds. The summed E-state index contributed by atoms with van der Waals surface area (Å²) in [7, 11) is 0. The maximum absolute atomic E-state index is 11.3. The van der Waals surface area contributed by atoms with E-state index in [9.17, 15) is 4.79 Å². The Kier molecular flexibility index (Phi) is 4.84. The van der Waals surface area contributed by atoms with Gasteiger partial charge in [0.15, 0.2) is 0 Å². The Bertz CT molecular complexity index is 298. The normalized spacial score (nSPS) is 12.1. The zero-order valence-corrected chi connectivity index (χ0v) is 8.98. The maximum atomic E-state index is 11.3. The molecule has 3 heteroatoms. The van der Waals surface area contributed by atoms with Gasteiger partial charge in [-0.2, -0.15) is 0 Å².